The Morgan fingerprint density at radius 3 is 2.78 bits per heavy atom. The van der Waals surface area contributed by atoms with E-state index >= 15 is 0 Å². The molecule has 2 aliphatic rings. The summed E-state index contributed by atoms with van der Waals surface area (Å²) in [6.07, 6.45) is 1.46. The van der Waals surface area contributed by atoms with Gasteiger partial charge in [0.2, 0.25) is 5.91 Å². The molecule has 1 amide bonds. The Morgan fingerprint density at radius 1 is 1.37 bits per heavy atom. The van der Waals surface area contributed by atoms with Crippen LogP contribution in [0.5, 0.6) is 5.75 Å². The van der Waals surface area contributed by atoms with Gasteiger partial charge in [-0.2, -0.15) is 0 Å². The molecule has 6 nitrogen and oxygen atoms in total. The van der Waals surface area contributed by atoms with Gasteiger partial charge in [-0.05, 0) is 38.0 Å². The van der Waals surface area contributed by atoms with Crippen LogP contribution >= 0.6 is 24.0 Å². The quantitative estimate of drug-likeness (QED) is 0.767. The highest BCUT2D eigenvalue weighted by Gasteiger charge is 2.38. The minimum absolute atomic E-state index is 0. The van der Waals surface area contributed by atoms with E-state index in [0.717, 1.165) is 24.2 Å². The highest BCUT2D eigenvalue weighted by molar-refractivity contribution is 6.30. The third-order valence-corrected chi connectivity index (χ3v) is 5.62. The molecular formula is C19H28Cl2N2O4. The predicted molar refractivity (Wildman–Crippen MR) is 107 cm³/mol. The molecule has 0 saturated carbocycles. The summed E-state index contributed by atoms with van der Waals surface area (Å²) in [6.45, 7) is 5.03. The molecule has 2 heterocycles. The van der Waals surface area contributed by atoms with E-state index in [1.807, 2.05) is 25.1 Å². The minimum atomic E-state index is -0.332. The van der Waals surface area contributed by atoms with Gasteiger partial charge in [-0.1, -0.05) is 11.6 Å². The molecular weight excluding hydrogens is 391 g/mol. The molecule has 8 heteroatoms. The molecule has 2 fully saturated rings. The van der Waals surface area contributed by atoms with Crippen LogP contribution in [-0.2, 0) is 19.7 Å². The van der Waals surface area contributed by atoms with Crippen molar-refractivity contribution in [3.63, 3.8) is 0 Å². The van der Waals surface area contributed by atoms with Crippen molar-refractivity contribution in [3.05, 3.63) is 28.8 Å². The molecule has 1 aromatic rings. The lowest BCUT2D eigenvalue weighted by Crippen LogP contribution is -2.57. The molecule has 1 aromatic carbocycles. The number of rotatable bonds is 5. The van der Waals surface area contributed by atoms with Crippen LogP contribution in [0.3, 0.4) is 0 Å². The van der Waals surface area contributed by atoms with E-state index in [9.17, 15) is 4.79 Å². The molecule has 2 atom stereocenters. The lowest BCUT2D eigenvalue weighted by atomic mass is 9.73. The second-order valence-corrected chi connectivity index (χ2v) is 7.40. The van der Waals surface area contributed by atoms with Crippen LogP contribution in [-0.4, -0.2) is 58.1 Å². The predicted octanol–water partition coefficient (Wildman–Crippen LogP) is 2.31. The van der Waals surface area contributed by atoms with Crippen LogP contribution in [0.2, 0.25) is 5.02 Å². The molecule has 2 aliphatic heterocycles. The van der Waals surface area contributed by atoms with E-state index in [2.05, 4.69) is 10.6 Å². The van der Waals surface area contributed by atoms with Crippen molar-refractivity contribution in [3.8, 4) is 5.75 Å². The summed E-state index contributed by atoms with van der Waals surface area (Å²) >= 11 is 6.26. The number of halogens is 2. The number of amides is 1. The summed E-state index contributed by atoms with van der Waals surface area (Å²) < 4.78 is 16.7. The largest absolute Gasteiger partial charge is 0.496 e. The van der Waals surface area contributed by atoms with Crippen LogP contribution in [0.1, 0.15) is 25.3 Å². The minimum Gasteiger partial charge on any atom is -0.496 e. The summed E-state index contributed by atoms with van der Waals surface area (Å²) in [4.78, 5) is 12.7. The SMILES string of the molecule is COc1ccc(Cl)cc1C1(CNC(=O)[C@H]2NCCO[C@@H]2C)CCOCC1.Cl. The number of carbonyl (C=O) groups excluding carboxylic acids is 1. The average Bonchev–Trinajstić information content (AvgIpc) is 2.67. The van der Waals surface area contributed by atoms with Gasteiger partial charge in [-0.3, -0.25) is 4.79 Å². The van der Waals surface area contributed by atoms with Gasteiger partial charge in [0.1, 0.15) is 11.8 Å². The zero-order chi connectivity index (χ0) is 18.6. The number of carbonyl (C=O) groups is 1. The van der Waals surface area contributed by atoms with Crippen molar-refractivity contribution in [1.29, 1.82) is 0 Å². The first-order chi connectivity index (χ1) is 12.6. The van der Waals surface area contributed by atoms with Crippen LogP contribution in [0.4, 0.5) is 0 Å². The Labute approximate surface area is 171 Å². The first-order valence-corrected chi connectivity index (χ1v) is 9.48. The van der Waals surface area contributed by atoms with E-state index in [1.54, 1.807) is 7.11 Å². The van der Waals surface area contributed by atoms with Gasteiger partial charge >= 0.3 is 0 Å². The molecule has 0 spiro atoms. The highest BCUT2D eigenvalue weighted by atomic mass is 35.5. The van der Waals surface area contributed by atoms with Crippen molar-refractivity contribution >= 4 is 29.9 Å². The maximum Gasteiger partial charge on any atom is 0.239 e. The number of morpholine rings is 1. The summed E-state index contributed by atoms with van der Waals surface area (Å²) in [7, 11) is 1.66. The van der Waals surface area contributed by atoms with Crippen LogP contribution in [0, 0.1) is 0 Å². The molecule has 3 rings (SSSR count). The number of ether oxygens (including phenoxy) is 3. The summed E-state index contributed by atoms with van der Waals surface area (Å²) in [5.41, 5.74) is 0.764. The van der Waals surface area contributed by atoms with Crippen molar-refractivity contribution in [2.75, 3.05) is 40.0 Å². The fraction of sp³-hybridized carbons (Fsp3) is 0.632. The summed E-state index contributed by atoms with van der Waals surface area (Å²) in [5.74, 6) is 0.752. The van der Waals surface area contributed by atoms with Gasteiger partial charge in [-0.15, -0.1) is 12.4 Å². The first-order valence-electron chi connectivity index (χ1n) is 9.10. The number of hydrogen-bond acceptors (Lipinski definition) is 5. The van der Waals surface area contributed by atoms with Crippen molar-refractivity contribution in [1.82, 2.24) is 10.6 Å². The fourth-order valence-electron chi connectivity index (χ4n) is 3.79. The van der Waals surface area contributed by atoms with E-state index in [1.165, 1.54) is 0 Å². The number of methoxy groups -OCH3 is 1. The maximum atomic E-state index is 12.7. The second-order valence-electron chi connectivity index (χ2n) is 6.96. The number of benzene rings is 1. The monoisotopic (exact) mass is 418 g/mol. The van der Waals surface area contributed by atoms with Gasteiger partial charge < -0.3 is 24.8 Å². The zero-order valence-electron chi connectivity index (χ0n) is 15.8. The second kappa shape index (κ2) is 9.94. The highest BCUT2D eigenvalue weighted by Crippen LogP contribution is 2.40. The molecule has 2 N–H and O–H groups in total. The Kier molecular flexibility index (Phi) is 8.19. The van der Waals surface area contributed by atoms with Gasteiger partial charge in [0, 0.05) is 42.3 Å². The number of hydrogen-bond donors (Lipinski definition) is 2. The van der Waals surface area contributed by atoms with Gasteiger partial charge in [-0.25, -0.2) is 0 Å². The Hall–Kier alpha value is -1.05. The van der Waals surface area contributed by atoms with Crippen LogP contribution in [0.15, 0.2) is 18.2 Å². The molecule has 0 radical (unpaired) electrons. The topological polar surface area (TPSA) is 68.8 Å². The van der Waals surface area contributed by atoms with Gasteiger partial charge in [0.15, 0.2) is 0 Å². The molecule has 0 aromatic heterocycles. The molecule has 152 valence electrons. The summed E-state index contributed by atoms with van der Waals surface area (Å²) in [5, 5.41) is 7.02. The lowest BCUT2D eigenvalue weighted by molar-refractivity contribution is -0.129. The van der Waals surface area contributed by atoms with E-state index < -0.39 is 0 Å². The van der Waals surface area contributed by atoms with Gasteiger partial charge in [0.05, 0.1) is 19.8 Å². The standard InChI is InChI=1S/C19H27ClN2O4.ClH/c1-13-17(21-7-10-26-13)18(23)22-12-19(5-8-25-9-6-19)15-11-14(20)3-4-16(15)24-2;/h3-4,11,13,17,21H,5-10,12H2,1-2H3,(H,22,23);1H/t13-,17+;/m1./s1. The maximum absolute atomic E-state index is 12.7. The van der Waals surface area contributed by atoms with E-state index in [4.69, 9.17) is 25.8 Å². The zero-order valence-corrected chi connectivity index (χ0v) is 17.3. The molecule has 2 saturated heterocycles. The van der Waals surface area contributed by atoms with Crippen molar-refractivity contribution in [2.24, 2.45) is 0 Å². The van der Waals surface area contributed by atoms with E-state index in [-0.39, 0.29) is 35.9 Å². The molecule has 0 aliphatic carbocycles. The normalized spacial score (nSPS) is 24.6. The third-order valence-electron chi connectivity index (χ3n) is 5.38. The molecule has 0 bridgehead atoms. The molecule has 27 heavy (non-hydrogen) atoms. The van der Waals surface area contributed by atoms with Crippen LogP contribution < -0.4 is 15.4 Å². The average molecular weight is 419 g/mol. The molecule has 0 unspecified atom stereocenters. The lowest BCUT2D eigenvalue weighted by Gasteiger charge is -2.39. The van der Waals surface area contributed by atoms with Crippen molar-refractivity contribution in [2.45, 2.75) is 37.3 Å². The Morgan fingerprint density at radius 2 is 2.11 bits per heavy atom. The third kappa shape index (κ3) is 5.06. The smallest absolute Gasteiger partial charge is 0.239 e. The van der Waals surface area contributed by atoms with Gasteiger partial charge in [0.25, 0.3) is 0 Å². The Balaban J connectivity index is 0.00000261. The summed E-state index contributed by atoms with van der Waals surface area (Å²) in [6, 6.07) is 5.32. The first kappa shape index (κ1) is 22.2. The number of nitrogens with one attached hydrogen (secondary N) is 2. The Bertz CT molecular complexity index is 638. The van der Waals surface area contributed by atoms with Crippen molar-refractivity contribution < 1.29 is 19.0 Å². The van der Waals surface area contributed by atoms with Crippen LogP contribution in [0.25, 0.3) is 0 Å². The van der Waals surface area contributed by atoms with E-state index in [0.29, 0.717) is 37.9 Å². The fourth-order valence-corrected chi connectivity index (χ4v) is 3.96.